The molecule has 0 saturated heterocycles. The van der Waals surface area contributed by atoms with E-state index in [2.05, 4.69) is 5.32 Å². The quantitative estimate of drug-likeness (QED) is 0.700. The van der Waals surface area contributed by atoms with Crippen LogP contribution >= 0.6 is 0 Å². The molecule has 1 aromatic carbocycles. The Morgan fingerprint density at radius 1 is 1.35 bits per heavy atom. The van der Waals surface area contributed by atoms with Crippen molar-refractivity contribution in [3.8, 4) is 5.75 Å². The summed E-state index contributed by atoms with van der Waals surface area (Å²) in [6.45, 7) is 2.13. The van der Waals surface area contributed by atoms with Gasteiger partial charge in [0.1, 0.15) is 5.75 Å². The largest absolute Gasteiger partial charge is 0.494 e. The van der Waals surface area contributed by atoms with Gasteiger partial charge in [0.15, 0.2) is 0 Å². The number of nitrogens with zero attached hydrogens (tertiary/aromatic N) is 1. The standard InChI is InChI=1S/C14H23N3O3/c1-17(8-9-19-2)7-6-14(18)16-12-5-4-11(15)10-13(12)20-3/h4-5,10H,6-9,15H2,1-3H3,(H,16,18). The minimum atomic E-state index is -0.0580. The smallest absolute Gasteiger partial charge is 0.225 e. The van der Waals surface area contributed by atoms with Crippen LogP contribution in [-0.2, 0) is 9.53 Å². The molecule has 0 fully saturated rings. The summed E-state index contributed by atoms with van der Waals surface area (Å²) in [4.78, 5) is 13.9. The lowest BCUT2D eigenvalue weighted by Crippen LogP contribution is -2.27. The van der Waals surface area contributed by atoms with Crippen LogP contribution < -0.4 is 15.8 Å². The Bertz CT molecular complexity index is 438. The molecule has 0 radical (unpaired) electrons. The Kier molecular flexibility index (Phi) is 6.83. The zero-order valence-corrected chi connectivity index (χ0v) is 12.3. The highest BCUT2D eigenvalue weighted by Gasteiger charge is 2.09. The highest BCUT2D eigenvalue weighted by Crippen LogP contribution is 2.26. The van der Waals surface area contributed by atoms with Gasteiger partial charge in [-0.3, -0.25) is 4.79 Å². The van der Waals surface area contributed by atoms with Crippen LogP contribution in [0.2, 0.25) is 0 Å². The molecule has 0 aromatic heterocycles. The number of anilines is 2. The van der Waals surface area contributed by atoms with E-state index in [1.165, 1.54) is 0 Å². The molecule has 0 aliphatic rings. The number of benzene rings is 1. The topological polar surface area (TPSA) is 76.8 Å². The number of nitrogen functional groups attached to an aromatic ring is 1. The molecule has 0 aliphatic heterocycles. The molecule has 0 aliphatic carbocycles. The van der Waals surface area contributed by atoms with Crippen LogP contribution in [0.5, 0.6) is 5.75 Å². The number of carbonyl (C=O) groups excluding carboxylic acids is 1. The van der Waals surface area contributed by atoms with Crippen LogP contribution in [0.4, 0.5) is 11.4 Å². The minimum Gasteiger partial charge on any atom is -0.494 e. The van der Waals surface area contributed by atoms with E-state index >= 15 is 0 Å². The monoisotopic (exact) mass is 281 g/mol. The maximum atomic E-state index is 11.9. The summed E-state index contributed by atoms with van der Waals surface area (Å²) in [7, 11) is 5.16. The zero-order valence-electron chi connectivity index (χ0n) is 12.3. The number of likely N-dealkylation sites (N-methyl/N-ethyl adjacent to an activating group) is 1. The summed E-state index contributed by atoms with van der Waals surface area (Å²) < 4.78 is 10.2. The second kappa shape index (κ2) is 8.39. The van der Waals surface area contributed by atoms with E-state index in [0.717, 1.165) is 6.54 Å². The number of nitrogens with one attached hydrogen (secondary N) is 1. The van der Waals surface area contributed by atoms with Gasteiger partial charge in [0.25, 0.3) is 0 Å². The van der Waals surface area contributed by atoms with E-state index in [-0.39, 0.29) is 5.91 Å². The number of hydrogen-bond acceptors (Lipinski definition) is 5. The van der Waals surface area contributed by atoms with Gasteiger partial charge in [-0.25, -0.2) is 0 Å². The molecule has 0 spiro atoms. The molecule has 0 saturated carbocycles. The fraction of sp³-hybridized carbons (Fsp3) is 0.500. The van der Waals surface area contributed by atoms with Gasteiger partial charge in [0.05, 0.1) is 19.4 Å². The van der Waals surface area contributed by atoms with E-state index in [0.29, 0.717) is 36.7 Å². The molecule has 0 bridgehead atoms. The SMILES string of the molecule is COCCN(C)CCC(=O)Nc1ccc(N)cc1OC. The molecule has 0 heterocycles. The summed E-state index contributed by atoms with van der Waals surface area (Å²) in [5.41, 5.74) is 6.89. The van der Waals surface area contributed by atoms with E-state index in [4.69, 9.17) is 15.2 Å². The zero-order chi connectivity index (χ0) is 15.0. The van der Waals surface area contributed by atoms with Crippen LogP contribution in [0.25, 0.3) is 0 Å². The van der Waals surface area contributed by atoms with Gasteiger partial charge in [-0.05, 0) is 19.2 Å². The number of methoxy groups -OCH3 is 2. The lowest BCUT2D eigenvalue weighted by molar-refractivity contribution is -0.116. The van der Waals surface area contributed by atoms with Crippen LogP contribution in [0.1, 0.15) is 6.42 Å². The molecule has 20 heavy (non-hydrogen) atoms. The van der Waals surface area contributed by atoms with Gasteiger partial charge in [0.2, 0.25) is 5.91 Å². The van der Waals surface area contributed by atoms with Crippen LogP contribution in [0.3, 0.4) is 0 Å². The lowest BCUT2D eigenvalue weighted by Gasteiger charge is -2.16. The third-order valence-corrected chi connectivity index (χ3v) is 2.90. The Morgan fingerprint density at radius 2 is 2.10 bits per heavy atom. The molecule has 6 nitrogen and oxygen atoms in total. The molecule has 3 N–H and O–H groups in total. The summed E-state index contributed by atoms with van der Waals surface area (Å²) in [5.74, 6) is 0.503. The second-order valence-electron chi connectivity index (χ2n) is 4.55. The summed E-state index contributed by atoms with van der Waals surface area (Å²) in [6.07, 6.45) is 0.410. The lowest BCUT2D eigenvalue weighted by atomic mass is 10.2. The van der Waals surface area contributed by atoms with E-state index < -0.39 is 0 Å². The Hall–Kier alpha value is -1.79. The normalized spacial score (nSPS) is 10.6. The third-order valence-electron chi connectivity index (χ3n) is 2.90. The molecule has 1 amide bonds. The van der Waals surface area contributed by atoms with Crippen molar-refractivity contribution >= 4 is 17.3 Å². The van der Waals surface area contributed by atoms with Gasteiger partial charge >= 0.3 is 0 Å². The fourth-order valence-corrected chi connectivity index (χ4v) is 1.68. The molecule has 1 rings (SSSR count). The highest BCUT2D eigenvalue weighted by atomic mass is 16.5. The first-order valence-electron chi connectivity index (χ1n) is 6.47. The number of carbonyl (C=O) groups is 1. The maximum absolute atomic E-state index is 11.9. The van der Waals surface area contributed by atoms with Gasteiger partial charge in [-0.15, -0.1) is 0 Å². The average Bonchev–Trinajstić information content (AvgIpc) is 2.44. The Balaban J connectivity index is 2.46. The first-order valence-corrected chi connectivity index (χ1v) is 6.47. The van der Waals surface area contributed by atoms with E-state index in [9.17, 15) is 4.79 Å². The van der Waals surface area contributed by atoms with Crippen molar-refractivity contribution in [2.75, 3.05) is 52.0 Å². The first-order chi connectivity index (χ1) is 9.56. The minimum absolute atomic E-state index is 0.0580. The van der Waals surface area contributed by atoms with Crippen molar-refractivity contribution in [1.29, 1.82) is 0 Å². The predicted molar refractivity (Wildman–Crippen MR) is 80.0 cm³/mol. The number of hydrogen-bond donors (Lipinski definition) is 2. The van der Waals surface area contributed by atoms with Gasteiger partial charge in [-0.2, -0.15) is 0 Å². The molecule has 0 atom stereocenters. The number of rotatable bonds is 8. The summed E-state index contributed by atoms with van der Waals surface area (Å²) >= 11 is 0. The molecule has 0 unspecified atom stereocenters. The van der Waals surface area contributed by atoms with Crippen molar-refractivity contribution in [3.63, 3.8) is 0 Å². The Morgan fingerprint density at radius 3 is 2.75 bits per heavy atom. The highest BCUT2D eigenvalue weighted by molar-refractivity contribution is 5.92. The van der Waals surface area contributed by atoms with Crippen molar-refractivity contribution in [1.82, 2.24) is 4.90 Å². The number of amides is 1. The Labute approximate surface area is 119 Å². The molecular weight excluding hydrogens is 258 g/mol. The van der Waals surface area contributed by atoms with Crippen molar-refractivity contribution in [3.05, 3.63) is 18.2 Å². The first kappa shape index (κ1) is 16.3. The van der Waals surface area contributed by atoms with E-state index in [1.807, 2.05) is 11.9 Å². The van der Waals surface area contributed by atoms with Gasteiger partial charge in [-0.1, -0.05) is 0 Å². The van der Waals surface area contributed by atoms with Crippen LogP contribution in [0.15, 0.2) is 18.2 Å². The molecular formula is C14H23N3O3. The van der Waals surface area contributed by atoms with Crippen LogP contribution in [-0.4, -0.2) is 51.8 Å². The second-order valence-corrected chi connectivity index (χ2v) is 4.55. The molecule has 112 valence electrons. The van der Waals surface area contributed by atoms with Crippen molar-refractivity contribution in [2.24, 2.45) is 0 Å². The molecule has 1 aromatic rings. The van der Waals surface area contributed by atoms with Gasteiger partial charge < -0.3 is 25.4 Å². The van der Waals surface area contributed by atoms with Crippen LogP contribution in [0, 0.1) is 0 Å². The van der Waals surface area contributed by atoms with Gasteiger partial charge in [0, 0.05) is 38.4 Å². The summed E-state index contributed by atoms with van der Waals surface area (Å²) in [6, 6.07) is 5.14. The third kappa shape index (κ3) is 5.46. The van der Waals surface area contributed by atoms with E-state index in [1.54, 1.807) is 32.4 Å². The number of nitrogens with two attached hydrogens (primary N) is 1. The molecule has 6 heteroatoms. The van der Waals surface area contributed by atoms with Crippen molar-refractivity contribution < 1.29 is 14.3 Å². The number of ether oxygens (including phenoxy) is 2. The predicted octanol–water partition coefficient (Wildman–Crippen LogP) is 1.18. The maximum Gasteiger partial charge on any atom is 0.225 e. The average molecular weight is 281 g/mol. The fourth-order valence-electron chi connectivity index (χ4n) is 1.68. The van der Waals surface area contributed by atoms with Crippen molar-refractivity contribution in [2.45, 2.75) is 6.42 Å². The summed E-state index contributed by atoms with van der Waals surface area (Å²) in [5, 5.41) is 2.82.